The van der Waals surface area contributed by atoms with Crippen molar-refractivity contribution in [1.82, 2.24) is 10.2 Å². The van der Waals surface area contributed by atoms with Crippen LogP contribution in [0.4, 0.5) is 5.69 Å². The van der Waals surface area contributed by atoms with E-state index in [-0.39, 0.29) is 35.3 Å². The first-order chi connectivity index (χ1) is 17.3. The monoisotopic (exact) mass is 493 g/mol. The predicted molar refractivity (Wildman–Crippen MR) is 139 cm³/mol. The number of rotatable bonds is 6. The van der Waals surface area contributed by atoms with Crippen LogP contribution >= 0.6 is 0 Å². The molecule has 1 N–H and O–H groups in total. The first kappa shape index (κ1) is 25.0. The molecular weight excluding hydrogens is 454 g/mol. The lowest BCUT2D eigenvalue weighted by molar-refractivity contribution is -0.125. The van der Waals surface area contributed by atoms with Gasteiger partial charge in [0.15, 0.2) is 0 Å². The molecule has 0 saturated carbocycles. The van der Waals surface area contributed by atoms with Crippen LogP contribution in [0, 0.1) is 5.92 Å². The fourth-order valence-electron chi connectivity index (χ4n) is 6.33. The Morgan fingerprint density at radius 2 is 2.00 bits per heavy atom. The summed E-state index contributed by atoms with van der Waals surface area (Å²) in [5, 5.41) is 3.15. The average Bonchev–Trinajstić information content (AvgIpc) is 3.14. The zero-order valence-corrected chi connectivity index (χ0v) is 21.7. The number of carbonyl (C=O) groups excluding carboxylic acids is 3. The van der Waals surface area contributed by atoms with Crippen LogP contribution in [0.2, 0.25) is 0 Å². The van der Waals surface area contributed by atoms with Crippen molar-refractivity contribution in [3.05, 3.63) is 41.0 Å². The summed E-state index contributed by atoms with van der Waals surface area (Å²) in [7, 11) is 0. The van der Waals surface area contributed by atoms with E-state index in [4.69, 9.17) is 4.74 Å². The van der Waals surface area contributed by atoms with E-state index in [9.17, 15) is 14.4 Å². The summed E-state index contributed by atoms with van der Waals surface area (Å²) in [6, 6.07) is 5.39. The van der Waals surface area contributed by atoms with Gasteiger partial charge >= 0.3 is 0 Å². The first-order valence-electron chi connectivity index (χ1n) is 13.7. The number of anilines is 1. The third-order valence-corrected chi connectivity index (χ3v) is 8.22. The van der Waals surface area contributed by atoms with Gasteiger partial charge in [0.2, 0.25) is 5.91 Å². The van der Waals surface area contributed by atoms with Crippen molar-refractivity contribution in [2.45, 2.75) is 83.3 Å². The number of amides is 3. The van der Waals surface area contributed by atoms with Crippen LogP contribution < -0.4 is 10.2 Å². The van der Waals surface area contributed by atoms with Gasteiger partial charge in [-0.25, -0.2) is 0 Å². The highest BCUT2D eigenvalue weighted by molar-refractivity contribution is 6.24. The van der Waals surface area contributed by atoms with Gasteiger partial charge in [-0.1, -0.05) is 17.7 Å². The Morgan fingerprint density at radius 1 is 1.14 bits per heavy atom. The maximum Gasteiger partial charge on any atom is 0.263 e. The van der Waals surface area contributed by atoms with Gasteiger partial charge in [0.25, 0.3) is 11.8 Å². The number of piperidine rings is 1. The number of allylic oxidation sites excluding steroid dienone is 1. The van der Waals surface area contributed by atoms with Gasteiger partial charge < -0.3 is 15.0 Å². The van der Waals surface area contributed by atoms with Crippen molar-refractivity contribution in [3.8, 4) is 0 Å². The van der Waals surface area contributed by atoms with Crippen LogP contribution in [0.15, 0.2) is 29.8 Å². The third kappa shape index (κ3) is 5.08. The number of hydrogen-bond donors (Lipinski definition) is 1. The highest BCUT2D eigenvalue weighted by atomic mass is 16.5. The number of carbonyl (C=O) groups is 3. The van der Waals surface area contributed by atoms with Gasteiger partial charge in [0.1, 0.15) is 0 Å². The van der Waals surface area contributed by atoms with E-state index in [1.54, 1.807) is 6.07 Å². The summed E-state index contributed by atoms with van der Waals surface area (Å²) in [4.78, 5) is 43.6. The van der Waals surface area contributed by atoms with Crippen molar-refractivity contribution in [1.29, 1.82) is 0 Å². The molecule has 7 heteroatoms. The molecule has 194 valence electrons. The van der Waals surface area contributed by atoms with Gasteiger partial charge in [-0.3, -0.25) is 19.3 Å². The number of nitrogens with zero attached hydrogens (tertiary/aromatic N) is 2. The Kier molecular flexibility index (Phi) is 7.20. The minimum atomic E-state index is -0.359. The molecule has 36 heavy (non-hydrogen) atoms. The van der Waals surface area contributed by atoms with E-state index in [1.165, 1.54) is 23.3 Å². The molecule has 1 aromatic rings. The zero-order chi connectivity index (χ0) is 25.3. The Hall–Kier alpha value is -2.67. The van der Waals surface area contributed by atoms with E-state index >= 15 is 0 Å². The maximum absolute atomic E-state index is 13.6. The standard InChI is InChI=1S/C29H39N3O4/c1-29(2)18-22(14-17-36-29)32-27(34)23-11-6-12-24(25(23)28(32)35)31-16-7-10-21(19-31)26(33)30-15-13-20-8-4-3-5-9-20/h6,8,11-12,21-22H,3-5,7,9-10,13-19H2,1-2H3,(H,30,33). The van der Waals surface area contributed by atoms with Crippen LogP contribution in [0.25, 0.3) is 0 Å². The highest BCUT2D eigenvalue weighted by Gasteiger charge is 2.45. The fraction of sp³-hybridized carbons (Fsp3) is 0.621. The van der Waals surface area contributed by atoms with Crippen molar-refractivity contribution >= 4 is 23.4 Å². The first-order valence-corrected chi connectivity index (χ1v) is 13.7. The molecule has 0 bridgehead atoms. The number of fused-ring (bicyclic) bond motifs is 1. The molecular formula is C29H39N3O4. The Balaban J connectivity index is 1.27. The Bertz CT molecular complexity index is 1060. The molecule has 3 amide bonds. The van der Waals surface area contributed by atoms with E-state index in [0.717, 1.165) is 44.3 Å². The van der Waals surface area contributed by atoms with E-state index in [2.05, 4.69) is 16.3 Å². The van der Waals surface area contributed by atoms with Gasteiger partial charge in [-0.15, -0.1) is 0 Å². The van der Waals surface area contributed by atoms with Crippen LogP contribution in [0.3, 0.4) is 0 Å². The molecule has 2 atom stereocenters. The Labute approximate surface area is 214 Å². The molecule has 0 aromatic heterocycles. The maximum atomic E-state index is 13.6. The summed E-state index contributed by atoms with van der Waals surface area (Å²) in [5.41, 5.74) is 2.87. The zero-order valence-electron chi connectivity index (χ0n) is 21.7. The second-order valence-corrected chi connectivity index (χ2v) is 11.4. The number of hydrogen-bond acceptors (Lipinski definition) is 5. The summed E-state index contributed by atoms with van der Waals surface area (Å²) in [6.45, 7) is 6.58. The second-order valence-electron chi connectivity index (χ2n) is 11.4. The van der Waals surface area contributed by atoms with Crippen LogP contribution in [0.1, 0.15) is 92.4 Å². The normalized spacial score (nSPS) is 26.0. The summed E-state index contributed by atoms with van der Waals surface area (Å²) >= 11 is 0. The summed E-state index contributed by atoms with van der Waals surface area (Å²) in [5.74, 6) is -0.435. The van der Waals surface area contributed by atoms with E-state index in [0.29, 0.717) is 43.7 Å². The van der Waals surface area contributed by atoms with Gasteiger partial charge in [-0.2, -0.15) is 0 Å². The largest absolute Gasteiger partial charge is 0.375 e. The minimum Gasteiger partial charge on any atom is -0.375 e. The Morgan fingerprint density at radius 3 is 2.78 bits per heavy atom. The van der Waals surface area contributed by atoms with E-state index < -0.39 is 0 Å². The fourth-order valence-corrected chi connectivity index (χ4v) is 6.33. The molecule has 1 aliphatic carbocycles. The molecule has 0 radical (unpaired) electrons. The smallest absolute Gasteiger partial charge is 0.263 e. The molecule has 1 aromatic carbocycles. The lowest BCUT2D eigenvalue weighted by Gasteiger charge is -2.39. The topological polar surface area (TPSA) is 79.0 Å². The molecule has 3 aliphatic heterocycles. The number of benzene rings is 1. The number of nitrogens with one attached hydrogen (secondary N) is 1. The van der Waals surface area contributed by atoms with Gasteiger partial charge in [0.05, 0.1) is 28.3 Å². The van der Waals surface area contributed by atoms with Gasteiger partial charge in [-0.05, 0) is 83.8 Å². The SMILES string of the molecule is CC1(C)CC(N2C(=O)c3cccc(N4CCCC(C(=O)NCCC5=CCCCC5)C4)c3C2=O)CCO1. The molecule has 4 aliphatic rings. The molecule has 2 fully saturated rings. The van der Waals surface area contributed by atoms with E-state index in [1.807, 2.05) is 26.0 Å². The third-order valence-electron chi connectivity index (χ3n) is 8.22. The molecule has 3 heterocycles. The van der Waals surface area contributed by atoms with Crippen LogP contribution in [0.5, 0.6) is 0 Å². The van der Waals surface area contributed by atoms with Crippen LogP contribution in [-0.2, 0) is 9.53 Å². The second kappa shape index (κ2) is 10.4. The molecule has 0 spiro atoms. The molecule has 2 saturated heterocycles. The summed E-state index contributed by atoms with van der Waals surface area (Å²) < 4.78 is 5.82. The lowest BCUT2D eigenvalue weighted by Crippen LogP contribution is -2.48. The quantitative estimate of drug-likeness (QED) is 0.468. The van der Waals surface area contributed by atoms with Crippen molar-refractivity contribution in [2.75, 3.05) is 31.1 Å². The predicted octanol–water partition coefficient (Wildman–Crippen LogP) is 4.46. The van der Waals surface area contributed by atoms with Crippen molar-refractivity contribution in [2.24, 2.45) is 5.92 Å². The lowest BCUT2D eigenvalue weighted by atomic mass is 9.93. The average molecular weight is 494 g/mol. The highest BCUT2D eigenvalue weighted by Crippen LogP contribution is 2.38. The van der Waals surface area contributed by atoms with Crippen LogP contribution in [-0.4, -0.2) is 60.5 Å². The summed E-state index contributed by atoms with van der Waals surface area (Å²) in [6.07, 6.45) is 11.1. The number of ether oxygens (including phenoxy) is 1. The molecule has 5 rings (SSSR count). The number of imide groups is 1. The molecule has 2 unspecified atom stereocenters. The van der Waals surface area contributed by atoms with Gasteiger partial charge in [0, 0.05) is 32.3 Å². The minimum absolute atomic E-state index is 0.0946. The molecule has 7 nitrogen and oxygen atoms in total. The van der Waals surface area contributed by atoms with Crippen molar-refractivity contribution < 1.29 is 19.1 Å². The van der Waals surface area contributed by atoms with Crippen molar-refractivity contribution in [3.63, 3.8) is 0 Å².